The summed E-state index contributed by atoms with van der Waals surface area (Å²) in [6, 6.07) is 6.36. The molecule has 4 nitrogen and oxygen atoms in total. The highest BCUT2D eigenvalue weighted by atomic mass is 35.5. The lowest BCUT2D eigenvalue weighted by Gasteiger charge is -2.36. The van der Waals surface area contributed by atoms with Gasteiger partial charge in [0.15, 0.2) is 5.15 Å². The number of hydrogen-bond acceptors (Lipinski definition) is 4. The van der Waals surface area contributed by atoms with Crippen molar-refractivity contribution in [2.24, 2.45) is 0 Å². The van der Waals surface area contributed by atoms with Gasteiger partial charge in [0.2, 0.25) is 0 Å². The second kappa shape index (κ2) is 6.08. The number of benzene rings is 1. The van der Waals surface area contributed by atoms with Crippen molar-refractivity contribution in [1.82, 2.24) is 10.2 Å². The Kier molecular flexibility index (Phi) is 4.16. The topological polar surface area (TPSA) is 38.2 Å². The molecule has 2 heterocycles. The van der Waals surface area contributed by atoms with E-state index in [-0.39, 0.29) is 11.9 Å². The summed E-state index contributed by atoms with van der Waals surface area (Å²) in [7, 11) is 1.59. The van der Waals surface area contributed by atoms with E-state index in [1.807, 2.05) is 13.0 Å². The summed E-state index contributed by atoms with van der Waals surface area (Å²) in [6.07, 6.45) is 1.86. The van der Waals surface area contributed by atoms with Gasteiger partial charge in [-0.25, -0.2) is 4.39 Å². The third kappa shape index (κ3) is 2.73. The number of ether oxygens (including phenoxy) is 1. The van der Waals surface area contributed by atoms with Crippen molar-refractivity contribution in [3.8, 4) is 5.75 Å². The van der Waals surface area contributed by atoms with Crippen LogP contribution in [0.25, 0.3) is 0 Å². The lowest BCUT2D eigenvalue weighted by Crippen LogP contribution is -2.33. The van der Waals surface area contributed by atoms with Crippen molar-refractivity contribution in [3.05, 3.63) is 46.5 Å². The molecule has 0 fully saturated rings. The van der Waals surface area contributed by atoms with Crippen molar-refractivity contribution in [3.63, 3.8) is 0 Å². The zero-order valence-corrected chi connectivity index (χ0v) is 13.3. The number of fused-ring (bicyclic) bond motifs is 1. The molecule has 1 aliphatic heterocycles. The van der Waals surface area contributed by atoms with Crippen LogP contribution in [0.15, 0.2) is 24.3 Å². The van der Waals surface area contributed by atoms with E-state index in [0.717, 1.165) is 36.3 Å². The Hall–Kier alpha value is -1.88. The first-order chi connectivity index (χ1) is 10.6. The monoisotopic (exact) mass is 321 g/mol. The van der Waals surface area contributed by atoms with Crippen molar-refractivity contribution >= 4 is 17.3 Å². The van der Waals surface area contributed by atoms with Crippen LogP contribution >= 0.6 is 11.6 Å². The van der Waals surface area contributed by atoms with Crippen LogP contribution in [0, 0.1) is 5.82 Å². The molecule has 0 aliphatic carbocycles. The maximum Gasteiger partial charge on any atom is 0.153 e. The molecule has 0 N–H and O–H groups in total. The van der Waals surface area contributed by atoms with Crippen LogP contribution in [0.1, 0.15) is 30.6 Å². The molecule has 0 radical (unpaired) electrons. The molecule has 1 unspecified atom stereocenters. The SMILES string of the molecule is COc1ccc(F)cc1C(C)N1CCCc2nnc(Cl)cc21. The predicted octanol–water partition coefficient (Wildman–Crippen LogP) is 3.79. The van der Waals surface area contributed by atoms with E-state index in [2.05, 4.69) is 15.1 Å². The van der Waals surface area contributed by atoms with Gasteiger partial charge in [0.1, 0.15) is 11.6 Å². The Labute approximate surface area is 133 Å². The average Bonchev–Trinajstić information content (AvgIpc) is 2.53. The molecule has 0 amide bonds. The molecule has 0 saturated carbocycles. The van der Waals surface area contributed by atoms with Crippen molar-refractivity contribution < 1.29 is 9.13 Å². The molecule has 116 valence electrons. The highest BCUT2D eigenvalue weighted by Crippen LogP contribution is 2.37. The number of aryl methyl sites for hydroxylation is 1. The number of hydrogen-bond donors (Lipinski definition) is 0. The van der Waals surface area contributed by atoms with Gasteiger partial charge in [-0.1, -0.05) is 11.6 Å². The largest absolute Gasteiger partial charge is 0.496 e. The Balaban J connectivity index is 2.02. The number of anilines is 1. The zero-order chi connectivity index (χ0) is 15.7. The zero-order valence-electron chi connectivity index (χ0n) is 12.5. The number of halogens is 2. The first-order valence-electron chi connectivity index (χ1n) is 7.22. The van der Waals surface area contributed by atoms with Crippen LogP contribution in [-0.2, 0) is 6.42 Å². The Morgan fingerprint density at radius 2 is 2.14 bits per heavy atom. The van der Waals surface area contributed by atoms with E-state index in [1.165, 1.54) is 12.1 Å². The third-order valence-corrected chi connectivity index (χ3v) is 4.23. The van der Waals surface area contributed by atoms with Gasteiger partial charge in [-0.05, 0) is 38.0 Å². The summed E-state index contributed by atoms with van der Waals surface area (Å²) >= 11 is 5.99. The molecule has 1 aromatic carbocycles. The van der Waals surface area contributed by atoms with Gasteiger partial charge in [0, 0.05) is 18.2 Å². The Morgan fingerprint density at radius 3 is 2.91 bits per heavy atom. The number of rotatable bonds is 3. The van der Waals surface area contributed by atoms with Crippen LogP contribution in [0.3, 0.4) is 0 Å². The normalized spacial score (nSPS) is 15.4. The fourth-order valence-electron chi connectivity index (χ4n) is 2.95. The van der Waals surface area contributed by atoms with Crippen LogP contribution in [-0.4, -0.2) is 23.9 Å². The standard InChI is InChI=1S/C16H17ClFN3O/c1-10(12-8-11(18)5-6-15(12)22-2)21-7-3-4-13-14(21)9-16(17)20-19-13/h5-6,8-10H,3-4,7H2,1-2H3. The first kappa shape index (κ1) is 15.0. The van der Waals surface area contributed by atoms with Crippen molar-refractivity contribution in [1.29, 1.82) is 0 Å². The van der Waals surface area contributed by atoms with E-state index < -0.39 is 0 Å². The van der Waals surface area contributed by atoms with Gasteiger partial charge in [0.25, 0.3) is 0 Å². The minimum Gasteiger partial charge on any atom is -0.496 e. The minimum absolute atomic E-state index is 0.0510. The van der Waals surface area contributed by atoms with Gasteiger partial charge >= 0.3 is 0 Å². The minimum atomic E-state index is -0.272. The van der Waals surface area contributed by atoms with Gasteiger partial charge in [-0.3, -0.25) is 0 Å². The van der Waals surface area contributed by atoms with Gasteiger partial charge in [-0.2, -0.15) is 5.10 Å². The molecule has 1 aromatic heterocycles. The average molecular weight is 322 g/mol. The highest BCUT2D eigenvalue weighted by Gasteiger charge is 2.26. The van der Waals surface area contributed by atoms with Crippen LogP contribution in [0.5, 0.6) is 5.75 Å². The molecular formula is C16H17ClFN3O. The van der Waals surface area contributed by atoms with Crippen molar-refractivity contribution in [2.45, 2.75) is 25.8 Å². The predicted molar refractivity (Wildman–Crippen MR) is 84.1 cm³/mol. The molecule has 1 atom stereocenters. The fraction of sp³-hybridized carbons (Fsp3) is 0.375. The molecule has 3 rings (SSSR count). The first-order valence-corrected chi connectivity index (χ1v) is 7.60. The molecule has 0 bridgehead atoms. The lowest BCUT2D eigenvalue weighted by molar-refractivity contribution is 0.403. The molecule has 1 aliphatic rings. The maximum absolute atomic E-state index is 13.7. The van der Waals surface area contributed by atoms with E-state index in [9.17, 15) is 4.39 Å². The summed E-state index contributed by atoms with van der Waals surface area (Å²) in [5.74, 6) is 0.403. The molecule has 0 saturated heterocycles. The molecule has 2 aromatic rings. The molecule has 6 heteroatoms. The second-order valence-electron chi connectivity index (χ2n) is 5.36. The number of aromatic nitrogens is 2. The van der Waals surface area contributed by atoms with Crippen LogP contribution in [0.4, 0.5) is 10.1 Å². The summed E-state index contributed by atoms with van der Waals surface area (Å²) in [6.45, 7) is 2.89. The second-order valence-corrected chi connectivity index (χ2v) is 5.75. The molecule has 0 spiro atoms. The Bertz CT molecular complexity index is 695. The van der Waals surface area contributed by atoms with E-state index in [4.69, 9.17) is 16.3 Å². The quantitative estimate of drug-likeness (QED) is 0.862. The smallest absolute Gasteiger partial charge is 0.153 e. The van der Waals surface area contributed by atoms with Gasteiger partial charge in [-0.15, -0.1) is 5.10 Å². The fourth-order valence-corrected chi connectivity index (χ4v) is 3.09. The summed E-state index contributed by atoms with van der Waals surface area (Å²) in [5, 5.41) is 8.45. The lowest BCUT2D eigenvalue weighted by atomic mass is 10.0. The van der Waals surface area contributed by atoms with Gasteiger partial charge < -0.3 is 9.64 Å². The van der Waals surface area contributed by atoms with E-state index in [1.54, 1.807) is 13.2 Å². The number of methoxy groups -OCH3 is 1. The van der Waals surface area contributed by atoms with Crippen molar-refractivity contribution in [2.75, 3.05) is 18.6 Å². The maximum atomic E-state index is 13.7. The number of nitrogens with zero attached hydrogens (tertiary/aromatic N) is 3. The summed E-state index contributed by atoms with van der Waals surface area (Å²) < 4.78 is 19.0. The van der Waals surface area contributed by atoms with Crippen LogP contribution < -0.4 is 9.64 Å². The third-order valence-electron chi connectivity index (χ3n) is 4.05. The van der Waals surface area contributed by atoms with Crippen LogP contribution in [0.2, 0.25) is 5.15 Å². The highest BCUT2D eigenvalue weighted by molar-refractivity contribution is 6.29. The van der Waals surface area contributed by atoms with E-state index in [0.29, 0.717) is 10.9 Å². The molecular weight excluding hydrogens is 305 g/mol. The van der Waals surface area contributed by atoms with Gasteiger partial charge in [0.05, 0.1) is 24.5 Å². The molecule has 22 heavy (non-hydrogen) atoms. The summed E-state index contributed by atoms with van der Waals surface area (Å²) in [5.41, 5.74) is 2.70. The summed E-state index contributed by atoms with van der Waals surface area (Å²) in [4.78, 5) is 2.18. The Morgan fingerprint density at radius 1 is 1.32 bits per heavy atom. The van der Waals surface area contributed by atoms with E-state index >= 15 is 0 Å².